The molecule has 0 bridgehead atoms. The van der Waals surface area contributed by atoms with E-state index in [0.29, 0.717) is 17.1 Å². The summed E-state index contributed by atoms with van der Waals surface area (Å²) in [6.07, 6.45) is 0. The predicted molar refractivity (Wildman–Crippen MR) is 81.4 cm³/mol. The maximum Gasteiger partial charge on any atom is 0.171 e. The number of ketones is 1. The second kappa shape index (κ2) is 5.39. The predicted octanol–water partition coefficient (Wildman–Crippen LogP) is 3.72. The molecule has 1 atom stereocenters. The normalized spacial score (nSPS) is 17.6. The molecule has 0 aliphatic carbocycles. The van der Waals surface area contributed by atoms with Gasteiger partial charge in [-0.3, -0.25) is 4.79 Å². The van der Waals surface area contributed by atoms with Crippen molar-refractivity contribution in [3.05, 3.63) is 69.7 Å². The van der Waals surface area contributed by atoms with E-state index in [0.717, 1.165) is 17.7 Å². The van der Waals surface area contributed by atoms with Gasteiger partial charge in [0.15, 0.2) is 5.78 Å². The summed E-state index contributed by atoms with van der Waals surface area (Å²) in [6, 6.07) is 13.7. The number of hydrogen-bond acceptors (Lipinski definition) is 2. The second-order valence-electron chi connectivity index (χ2n) is 5.21. The maximum atomic E-state index is 12.7. The number of Topliss-reactive ketones (excluding diaryl/α,β-unsaturated/α-hetero) is 1. The number of rotatable bonds is 2. The van der Waals surface area contributed by atoms with Gasteiger partial charge in [-0.25, -0.2) is 0 Å². The van der Waals surface area contributed by atoms with Crippen LogP contribution in [0, 0.1) is 6.92 Å². The second-order valence-corrected chi connectivity index (χ2v) is 5.62. The molecule has 0 aromatic heterocycles. The molecule has 0 saturated carbocycles. The van der Waals surface area contributed by atoms with Crippen LogP contribution >= 0.6 is 11.6 Å². The number of nitrogens with one attached hydrogen (secondary N) is 1. The average Bonchev–Trinajstić information content (AvgIpc) is 2.49. The Morgan fingerprint density at radius 1 is 1.25 bits per heavy atom. The first-order chi connectivity index (χ1) is 9.66. The van der Waals surface area contributed by atoms with Crippen molar-refractivity contribution in [2.45, 2.75) is 19.4 Å². The summed E-state index contributed by atoms with van der Waals surface area (Å²) in [5.74, 6) is 0.00488. The highest BCUT2D eigenvalue weighted by atomic mass is 35.5. The minimum atomic E-state index is -0.126. The molecule has 2 aromatic carbocycles. The lowest BCUT2D eigenvalue weighted by molar-refractivity contribution is 0.0955. The zero-order valence-electron chi connectivity index (χ0n) is 11.3. The number of halogens is 1. The van der Waals surface area contributed by atoms with E-state index in [9.17, 15) is 4.79 Å². The van der Waals surface area contributed by atoms with Crippen molar-refractivity contribution >= 4 is 17.4 Å². The monoisotopic (exact) mass is 285 g/mol. The van der Waals surface area contributed by atoms with Gasteiger partial charge in [0, 0.05) is 23.7 Å². The SMILES string of the molecule is Cc1ccc(C(=O)C2CNCc3ccccc32)cc1Cl. The molecule has 1 heterocycles. The smallest absolute Gasteiger partial charge is 0.171 e. The third-order valence-corrected chi connectivity index (χ3v) is 4.27. The third-order valence-electron chi connectivity index (χ3n) is 3.87. The molecule has 1 unspecified atom stereocenters. The van der Waals surface area contributed by atoms with E-state index in [2.05, 4.69) is 17.4 Å². The molecule has 1 aliphatic rings. The van der Waals surface area contributed by atoms with Crippen molar-refractivity contribution in [2.75, 3.05) is 6.54 Å². The Morgan fingerprint density at radius 3 is 2.85 bits per heavy atom. The lowest BCUT2D eigenvalue weighted by Gasteiger charge is -2.25. The van der Waals surface area contributed by atoms with Crippen LogP contribution in [0.2, 0.25) is 5.02 Å². The van der Waals surface area contributed by atoms with E-state index in [-0.39, 0.29) is 11.7 Å². The molecule has 3 heteroatoms. The summed E-state index contributed by atoms with van der Waals surface area (Å²) in [5, 5.41) is 3.96. The van der Waals surface area contributed by atoms with Crippen molar-refractivity contribution in [1.82, 2.24) is 5.32 Å². The van der Waals surface area contributed by atoms with Crippen molar-refractivity contribution in [3.8, 4) is 0 Å². The lowest BCUT2D eigenvalue weighted by atomic mass is 9.85. The van der Waals surface area contributed by atoms with E-state index in [1.54, 1.807) is 6.07 Å². The van der Waals surface area contributed by atoms with E-state index < -0.39 is 0 Å². The number of fused-ring (bicyclic) bond motifs is 1. The van der Waals surface area contributed by atoms with Crippen LogP contribution in [0.15, 0.2) is 42.5 Å². The topological polar surface area (TPSA) is 29.1 Å². The molecule has 0 spiro atoms. The van der Waals surface area contributed by atoms with Gasteiger partial charge in [-0.15, -0.1) is 0 Å². The first kappa shape index (κ1) is 13.3. The van der Waals surface area contributed by atoms with Crippen LogP contribution in [0.3, 0.4) is 0 Å². The fourth-order valence-electron chi connectivity index (χ4n) is 2.68. The fraction of sp³-hybridized carbons (Fsp3) is 0.235. The van der Waals surface area contributed by atoms with Gasteiger partial charge in [-0.05, 0) is 29.7 Å². The lowest BCUT2D eigenvalue weighted by Crippen LogP contribution is -2.32. The zero-order valence-corrected chi connectivity index (χ0v) is 12.1. The minimum absolute atomic E-state index is 0.126. The van der Waals surface area contributed by atoms with Gasteiger partial charge in [-0.1, -0.05) is 48.0 Å². The number of carbonyl (C=O) groups excluding carboxylic acids is 1. The standard InChI is InChI=1S/C17H16ClNO/c1-11-6-7-12(8-16(11)18)17(20)15-10-19-9-13-4-2-3-5-14(13)15/h2-8,15,19H,9-10H2,1H3. The first-order valence-corrected chi connectivity index (χ1v) is 7.13. The van der Waals surface area contributed by atoms with Gasteiger partial charge in [-0.2, -0.15) is 0 Å². The molecule has 2 aromatic rings. The Balaban J connectivity index is 1.97. The van der Waals surface area contributed by atoms with Crippen molar-refractivity contribution in [3.63, 3.8) is 0 Å². The van der Waals surface area contributed by atoms with Gasteiger partial charge in [0.05, 0.1) is 5.92 Å². The summed E-state index contributed by atoms with van der Waals surface area (Å²) in [5.41, 5.74) is 4.01. The summed E-state index contributed by atoms with van der Waals surface area (Å²) in [6.45, 7) is 3.45. The third kappa shape index (κ3) is 2.37. The highest BCUT2D eigenvalue weighted by molar-refractivity contribution is 6.31. The minimum Gasteiger partial charge on any atom is -0.312 e. The molecule has 3 rings (SSSR count). The summed E-state index contributed by atoms with van der Waals surface area (Å²) < 4.78 is 0. The zero-order chi connectivity index (χ0) is 14.1. The van der Waals surface area contributed by atoms with Crippen molar-refractivity contribution in [2.24, 2.45) is 0 Å². The van der Waals surface area contributed by atoms with Crippen LogP contribution in [0.4, 0.5) is 0 Å². The van der Waals surface area contributed by atoms with Crippen molar-refractivity contribution in [1.29, 1.82) is 0 Å². The summed E-state index contributed by atoms with van der Waals surface area (Å²) in [7, 11) is 0. The molecule has 0 radical (unpaired) electrons. The Kier molecular flexibility index (Phi) is 3.60. The Bertz CT molecular complexity index is 666. The van der Waals surface area contributed by atoms with Gasteiger partial charge in [0.1, 0.15) is 0 Å². The highest BCUT2D eigenvalue weighted by Crippen LogP contribution is 2.28. The van der Waals surface area contributed by atoms with Crippen molar-refractivity contribution < 1.29 is 4.79 Å². The molecule has 20 heavy (non-hydrogen) atoms. The van der Waals surface area contributed by atoms with Crippen LogP contribution in [-0.2, 0) is 6.54 Å². The molecule has 102 valence electrons. The Labute approximate surface area is 123 Å². The van der Waals surface area contributed by atoms with Crippen LogP contribution in [0.25, 0.3) is 0 Å². The maximum absolute atomic E-state index is 12.7. The van der Waals surface area contributed by atoms with Crippen LogP contribution in [0.5, 0.6) is 0 Å². The first-order valence-electron chi connectivity index (χ1n) is 6.75. The average molecular weight is 286 g/mol. The molecule has 1 N–H and O–H groups in total. The van der Waals surface area contributed by atoms with E-state index in [4.69, 9.17) is 11.6 Å². The van der Waals surface area contributed by atoms with Crippen LogP contribution in [0.1, 0.15) is 33.0 Å². The highest BCUT2D eigenvalue weighted by Gasteiger charge is 2.26. The Hall–Kier alpha value is -1.64. The van der Waals surface area contributed by atoms with Gasteiger partial charge in [0.25, 0.3) is 0 Å². The largest absolute Gasteiger partial charge is 0.312 e. The molecular formula is C17H16ClNO. The van der Waals surface area contributed by atoms with Gasteiger partial charge in [0.2, 0.25) is 0 Å². The molecule has 0 saturated heterocycles. The van der Waals surface area contributed by atoms with Crippen LogP contribution < -0.4 is 5.32 Å². The Morgan fingerprint density at radius 2 is 2.05 bits per heavy atom. The van der Waals surface area contributed by atoms with E-state index >= 15 is 0 Å². The van der Waals surface area contributed by atoms with E-state index in [1.165, 1.54) is 5.56 Å². The number of aryl methyl sites for hydroxylation is 1. The number of hydrogen-bond donors (Lipinski definition) is 1. The van der Waals surface area contributed by atoms with Gasteiger partial charge < -0.3 is 5.32 Å². The van der Waals surface area contributed by atoms with E-state index in [1.807, 2.05) is 31.2 Å². The molecule has 2 nitrogen and oxygen atoms in total. The quantitative estimate of drug-likeness (QED) is 0.852. The molecule has 1 aliphatic heterocycles. The van der Waals surface area contributed by atoms with Gasteiger partial charge >= 0.3 is 0 Å². The van der Waals surface area contributed by atoms with Crippen LogP contribution in [-0.4, -0.2) is 12.3 Å². The number of benzene rings is 2. The molecule has 0 amide bonds. The summed E-state index contributed by atoms with van der Waals surface area (Å²) in [4.78, 5) is 12.7. The summed E-state index contributed by atoms with van der Waals surface area (Å²) >= 11 is 6.13. The fourth-order valence-corrected chi connectivity index (χ4v) is 2.86. The number of carbonyl (C=O) groups is 1. The molecule has 0 fully saturated rings. The molecular weight excluding hydrogens is 270 g/mol.